The SMILES string of the molecule is Cn1nc(C(F)(F)F)c(C(N)=O)c1-c1ccccc1OC(F)(F)C(F)Cl. The number of nitrogens with two attached hydrogens (primary N) is 1. The number of alkyl halides is 7. The third-order valence-corrected chi connectivity index (χ3v) is 3.46. The van der Waals surface area contributed by atoms with Crippen molar-refractivity contribution in [2.45, 2.75) is 17.9 Å². The van der Waals surface area contributed by atoms with Crippen molar-refractivity contribution >= 4 is 17.5 Å². The van der Waals surface area contributed by atoms with Crippen LogP contribution >= 0.6 is 11.6 Å². The summed E-state index contributed by atoms with van der Waals surface area (Å²) in [5, 5.41) is 3.20. The fourth-order valence-electron chi connectivity index (χ4n) is 2.21. The zero-order valence-corrected chi connectivity index (χ0v) is 13.6. The van der Waals surface area contributed by atoms with Gasteiger partial charge in [0.05, 0.1) is 11.3 Å². The topological polar surface area (TPSA) is 70.1 Å². The van der Waals surface area contributed by atoms with Crippen LogP contribution in [-0.2, 0) is 13.2 Å². The lowest BCUT2D eigenvalue weighted by molar-refractivity contribution is -0.198. The van der Waals surface area contributed by atoms with Crippen molar-refractivity contribution in [2.24, 2.45) is 12.8 Å². The van der Waals surface area contributed by atoms with Gasteiger partial charge in [0, 0.05) is 12.6 Å². The Morgan fingerprint density at radius 2 is 1.85 bits per heavy atom. The molecule has 0 spiro atoms. The number of rotatable bonds is 5. The summed E-state index contributed by atoms with van der Waals surface area (Å²) in [6.07, 6.45) is -9.50. The first-order chi connectivity index (χ1) is 11.9. The molecule has 0 fully saturated rings. The van der Waals surface area contributed by atoms with Crippen LogP contribution in [-0.4, -0.2) is 27.4 Å². The van der Waals surface area contributed by atoms with Crippen LogP contribution in [0.25, 0.3) is 11.3 Å². The minimum absolute atomic E-state index is 0.385. The van der Waals surface area contributed by atoms with E-state index in [1.807, 2.05) is 0 Å². The van der Waals surface area contributed by atoms with Crippen molar-refractivity contribution in [2.75, 3.05) is 0 Å². The number of para-hydroxylation sites is 1. The van der Waals surface area contributed by atoms with E-state index >= 15 is 0 Å². The lowest BCUT2D eigenvalue weighted by atomic mass is 10.0. The van der Waals surface area contributed by atoms with Crippen LogP contribution in [0.15, 0.2) is 24.3 Å². The molecule has 0 aliphatic carbocycles. The first-order valence-electron chi connectivity index (χ1n) is 6.74. The number of ether oxygens (including phenoxy) is 1. The van der Waals surface area contributed by atoms with Crippen LogP contribution < -0.4 is 10.5 Å². The zero-order valence-electron chi connectivity index (χ0n) is 12.8. The standard InChI is InChI=1S/C14H10ClF6N3O2/c1-24-9(8(11(22)25)10(23-24)13(17,18)19)6-4-2-3-5-7(6)26-14(20,21)12(15)16/h2-5,12H,1H3,(H2,22,25). The minimum Gasteiger partial charge on any atom is -0.429 e. The molecule has 2 rings (SSSR count). The summed E-state index contributed by atoms with van der Waals surface area (Å²) in [5.74, 6) is -2.21. The van der Waals surface area contributed by atoms with Gasteiger partial charge < -0.3 is 10.5 Å². The molecule has 26 heavy (non-hydrogen) atoms. The van der Waals surface area contributed by atoms with Crippen LogP contribution in [0.3, 0.4) is 0 Å². The van der Waals surface area contributed by atoms with Crippen LogP contribution in [0.4, 0.5) is 26.3 Å². The third-order valence-electron chi connectivity index (χ3n) is 3.20. The molecule has 142 valence electrons. The molecule has 0 aliphatic rings. The number of primary amides is 1. The Morgan fingerprint density at radius 1 is 1.27 bits per heavy atom. The number of aromatic nitrogens is 2. The molecule has 1 unspecified atom stereocenters. The van der Waals surface area contributed by atoms with Crippen molar-refractivity contribution in [1.82, 2.24) is 9.78 Å². The molecule has 1 atom stereocenters. The molecular weight excluding hydrogens is 392 g/mol. The Morgan fingerprint density at radius 3 is 2.35 bits per heavy atom. The largest absolute Gasteiger partial charge is 0.444 e. The molecule has 0 bridgehead atoms. The Kier molecular flexibility index (Phi) is 5.13. The predicted octanol–water partition coefficient (Wildman–Crippen LogP) is 3.71. The van der Waals surface area contributed by atoms with Gasteiger partial charge in [0.2, 0.25) is 0 Å². The molecule has 1 amide bonds. The Balaban J connectivity index is 2.71. The molecule has 2 N–H and O–H groups in total. The number of carbonyl (C=O) groups is 1. The van der Waals surface area contributed by atoms with Crippen molar-refractivity contribution < 1.29 is 35.9 Å². The van der Waals surface area contributed by atoms with Gasteiger partial charge in [0.25, 0.3) is 11.5 Å². The molecule has 5 nitrogen and oxygen atoms in total. The van der Waals surface area contributed by atoms with Crippen LogP contribution in [0.5, 0.6) is 5.75 Å². The maximum absolute atomic E-state index is 13.5. The van der Waals surface area contributed by atoms with Crippen molar-refractivity contribution in [3.8, 4) is 17.0 Å². The average molecular weight is 402 g/mol. The van der Waals surface area contributed by atoms with E-state index < -0.39 is 46.5 Å². The monoisotopic (exact) mass is 401 g/mol. The van der Waals surface area contributed by atoms with Gasteiger partial charge in [-0.1, -0.05) is 23.7 Å². The van der Waals surface area contributed by atoms with Crippen molar-refractivity contribution in [3.05, 3.63) is 35.5 Å². The quantitative estimate of drug-likeness (QED) is 0.613. The van der Waals surface area contributed by atoms with E-state index in [4.69, 9.17) is 17.3 Å². The van der Waals surface area contributed by atoms with Crippen molar-refractivity contribution in [1.29, 1.82) is 0 Å². The Hall–Kier alpha value is -2.43. The molecule has 1 aromatic heterocycles. The van der Waals surface area contributed by atoms with Crippen LogP contribution in [0.2, 0.25) is 0 Å². The predicted molar refractivity (Wildman–Crippen MR) is 78.5 cm³/mol. The third kappa shape index (κ3) is 3.71. The number of aryl methyl sites for hydroxylation is 1. The van der Waals surface area contributed by atoms with Gasteiger partial charge in [0.1, 0.15) is 5.75 Å². The van der Waals surface area contributed by atoms with Crippen LogP contribution in [0, 0.1) is 0 Å². The maximum atomic E-state index is 13.5. The average Bonchev–Trinajstić information content (AvgIpc) is 2.85. The second-order valence-corrected chi connectivity index (χ2v) is 5.40. The van der Waals surface area contributed by atoms with Gasteiger partial charge in [-0.2, -0.15) is 27.1 Å². The Bertz CT molecular complexity index is 835. The van der Waals surface area contributed by atoms with Gasteiger partial charge in [-0.25, -0.2) is 4.39 Å². The molecule has 0 aliphatic heterocycles. The first kappa shape index (κ1) is 19.9. The molecule has 12 heteroatoms. The maximum Gasteiger partial charge on any atom is 0.444 e. The highest BCUT2D eigenvalue weighted by Gasteiger charge is 2.44. The smallest absolute Gasteiger partial charge is 0.429 e. The van der Waals surface area contributed by atoms with E-state index in [9.17, 15) is 31.1 Å². The second kappa shape index (κ2) is 6.71. The lowest BCUT2D eigenvalue weighted by Gasteiger charge is -2.20. The van der Waals surface area contributed by atoms with E-state index in [1.54, 1.807) is 0 Å². The number of hydrogen-bond acceptors (Lipinski definition) is 3. The van der Waals surface area contributed by atoms with Crippen LogP contribution in [0.1, 0.15) is 16.1 Å². The summed E-state index contributed by atoms with van der Waals surface area (Å²) >= 11 is 4.71. The van der Waals surface area contributed by atoms with Gasteiger partial charge in [-0.05, 0) is 12.1 Å². The molecular formula is C14H10ClF6N3O2. The number of halogens is 7. The number of hydrogen-bond donors (Lipinski definition) is 1. The molecule has 2 aromatic rings. The number of amides is 1. The normalized spacial score (nSPS) is 13.5. The molecule has 1 heterocycles. The summed E-state index contributed by atoms with van der Waals surface area (Å²) in [4.78, 5) is 11.6. The first-order valence-corrected chi connectivity index (χ1v) is 7.18. The fraction of sp³-hybridized carbons (Fsp3) is 0.286. The van der Waals surface area contributed by atoms with Gasteiger partial charge in [-0.15, -0.1) is 0 Å². The highest BCUT2D eigenvalue weighted by atomic mass is 35.5. The van der Waals surface area contributed by atoms with E-state index in [1.165, 1.54) is 12.1 Å². The number of benzene rings is 1. The lowest BCUT2D eigenvalue weighted by Crippen LogP contribution is -2.33. The summed E-state index contributed by atoms with van der Waals surface area (Å²) in [7, 11) is 1.05. The van der Waals surface area contributed by atoms with E-state index in [0.29, 0.717) is 4.68 Å². The van der Waals surface area contributed by atoms with E-state index in [-0.39, 0.29) is 5.56 Å². The second-order valence-electron chi connectivity index (χ2n) is 5.02. The number of nitrogens with zero attached hydrogens (tertiary/aromatic N) is 2. The van der Waals surface area contributed by atoms with E-state index in [2.05, 4.69) is 9.84 Å². The van der Waals surface area contributed by atoms with Gasteiger partial charge >= 0.3 is 12.3 Å². The fourth-order valence-corrected chi connectivity index (χ4v) is 2.25. The minimum atomic E-state index is -5.03. The van der Waals surface area contributed by atoms with E-state index in [0.717, 1.165) is 19.2 Å². The molecule has 0 saturated heterocycles. The van der Waals surface area contributed by atoms with Gasteiger partial charge in [0.15, 0.2) is 5.69 Å². The molecule has 1 aromatic carbocycles. The summed E-state index contributed by atoms with van der Waals surface area (Å²) in [6.45, 7) is 0. The highest BCUT2D eigenvalue weighted by molar-refractivity contribution is 6.20. The molecule has 0 saturated carbocycles. The number of carbonyl (C=O) groups excluding carboxylic acids is 1. The Labute approximate surface area is 147 Å². The van der Waals surface area contributed by atoms with Gasteiger partial charge in [-0.3, -0.25) is 9.48 Å². The zero-order chi connectivity index (χ0) is 19.9. The summed E-state index contributed by atoms with van der Waals surface area (Å²) in [6, 6.07) is 4.50. The summed E-state index contributed by atoms with van der Waals surface area (Å²) < 4.78 is 83.8. The summed E-state index contributed by atoms with van der Waals surface area (Å²) in [5.41, 5.74) is -1.74. The van der Waals surface area contributed by atoms with Crippen molar-refractivity contribution in [3.63, 3.8) is 0 Å². The highest BCUT2D eigenvalue weighted by Crippen LogP contribution is 2.40. The molecule has 0 radical (unpaired) electrons.